The average Bonchev–Trinajstić information content (AvgIpc) is 2.40. The zero-order chi connectivity index (χ0) is 13.1. The van der Waals surface area contributed by atoms with Crippen LogP contribution in [-0.4, -0.2) is 12.1 Å². The first-order chi connectivity index (χ1) is 8.63. The zero-order valence-electron chi connectivity index (χ0n) is 9.93. The van der Waals surface area contributed by atoms with Gasteiger partial charge in [0.15, 0.2) is 0 Å². The predicted molar refractivity (Wildman–Crippen MR) is 72.7 cm³/mol. The molecule has 4 N–H and O–H groups in total. The standard InChI is InChI=1S/C13H14ClN3O/c1-18-11-5-3-2-4-9(11)12(15)10-6-8(14)7-17-13(10)16/h2-7,12H,15H2,1H3,(H2,16,17). The van der Waals surface area contributed by atoms with Crippen molar-refractivity contribution in [3.63, 3.8) is 0 Å². The molecule has 94 valence electrons. The molecule has 0 bridgehead atoms. The van der Waals surface area contributed by atoms with Crippen LogP contribution in [0, 0.1) is 0 Å². The van der Waals surface area contributed by atoms with Crippen molar-refractivity contribution in [2.45, 2.75) is 6.04 Å². The molecule has 1 atom stereocenters. The summed E-state index contributed by atoms with van der Waals surface area (Å²) < 4.78 is 5.28. The molecule has 4 nitrogen and oxygen atoms in total. The molecule has 1 aromatic heterocycles. The number of methoxy groups -OCH3 is 1. The first-order valence-corrected chi connectivity index (χ1v) is 5.80. The second-order valence-electron chi connectivity index (χ2n) is 3.85. The maximum Gasteiger partial charge on any atom is 0.128 e. The molecule has 18 heavy (non-hydrogen) atoms. The van der Waals surface area contributed by atoms with Crippen molar-refractivity contribution in [1.82, 2.24) is 4.98 Å². The fourth-order valence-corrected chi connectivity index (χ4v) is 1.97. The SMILES string of the molecule is COc1ccccc1C(N)c1cc(Cl)cnc1N. The molecular weight excluding hydrogens is 250 g/mol. The predicted octanol–water partition coefficient (Wildman–Crippen LogP) is 2.37. The number of hydrogen-bond donors (Lipinski definition) is 2. The Morgan fingerprint density at radius 2 is 2.00 bits per heavy atom. The van der Waals surface area contributed by atoms with Crippen LogP contribution in [0.15, 0.2) is 36.5 Å². The highest BCUT2D eigenvalue weighted by molar-refractivity contribution is 6.30. The smallest absolute Gasteiger partial charge is 0.128 e. The van der Waals surface area contributed by atoms with E-state index in [0.717, 1.165) is 5.56 Å². The number of benzene rings is 1. The normalized spacial score (nSPS) is 12.2. The van der Waals surface area contributed by atoms with Crippen molar-refractivity contribution in [3.05, 3.63) is 52.7 Å². The summed E-state index contributed by atoms with van der Waals surface area (Å²) in [4.78, 5) is 4.01. The highest BCUT2D eigenvalue weighted by Gasteiger charge is 2.17. The number of nitrogens with two attached hydrogens (primary N) is 2. The van der Waals surface area contributed by atoms with E-state index in [2.05, 4.69) is 4.98 Å². The maximum atomic E-state index is 6.20. The highest BCUT2D eigenvalue weighted by Crippen LogP contribution is 2.31. The molecule has 0 saturated heterocycles. The maximum absolute atomic E-state index is 6.20. The van der Waals surface area contributed by atoms with E-state index in [9.17, 15) is 0 Å². The van der Waals surface area contributed by atoms with Crippen molar-refractivity contribution < 1.29 is 4.74 Å². The van der Waals surface area contributed by atoms with E-state index in [-0.39, 0.29) is 0 Å². The summed E-state index contributed by atoms with van der Waals surface area (Å²) >= 11 is 5.92. The van der Waals surface area contributed by atoms with Gasteiger partial charge in [-0.25, -0.2) is 4.98 Å². The molecule has 1 heterocycles. The van der Waals surface area contributed by atoms with E-state index in [1.165, 1.54) is 6.20 Å². The second kappa shape index (κ2) is 5.25. The fraction of sp³-hybridized carbons (Fsp3) is 0.154. The molecule has 0 saturated carbocycles. The number of nitrogen functional groups attached to an aromatic ring is 1. The number of hydrogen-bond acceptors (Lipinski definition) is 4. The van der Waals surface area contributed by atoms with Gasteiger partial charge in [-0.1, -0.05) is 29.8 Å². The molecule has 5 heteroatoms. The third-order valence-electron chi connectivity index (χ3n) is 2.73. The Morgan fingerprint density at radius 1 is 1.28 bits per heavy atom. The molecule has 1 aromatic carbocycles. The van der Waals surface area contributed by atoms with Gasteiger partial charge < -0.3 is 16.2 Å². The molecule has 2 rings (SSSR count). The largest absolute Gasteiger partial charge is 0.496 e. The van der Waals surface area contributed by atoms with Crippen LogP contribution < -0.4 is 16.2 Å². The van der Waals surface area contributed by atoms with Gasteiger partial charge in [0.25, 0.3) is 0 Å². The van der Waals surface area contributed by atoms with Gasteiger partial charge in [0, 0.05) is 17.3 Å². The molecule has 0 amide bonds. The highest BCUT2D eigenvalue weighted by atomic mass is 35.5. The molecule has 0 aliphatic rings. The summed E-state index contributed by atoms with van der Waals surface area (Å²) in [5.74, 6) is 1.09. The zero-order valence-corrected chi connectivity index (χ0v) is 10.7. The van der Waals surface area contributed by atoms with E-state index >= 15 is 0 Å². The molecule has 0 aliphatic carbocycles. The number of ether oxygens (including phenoxy) is 1. The quantitative estimate of drug-likeness (QED) is 0.892. The van der Waals surface area contributed by atoms with Crippen LogP contribution in [0.5, 0.6) is 5.75 Å². The van der Waals surface area contributed by atoms with Crippen molar-refractivity contribution in [2.75, 3.05) is 12.8 Å². The third-order valence-corrected chi connectivity index (χ3v) is 2.93. The van der Waals surface area contributed by atoms with Crippen molar-refractivity contribution in [1.29, 1.82) is 0 Å². The molecule has 0 fully saturated rings. The third kappa shape index (κ3) is 2.39. The first-order valence-electron chi connectivity index (χ1n) is 5.43. The molecule has 0 spiro atoms. The Kier molecular flexibility index (Phi) is 3.69. The number of nitrogens with zero attached hydrogens (tertiary/aromatic N) is 1. The molecule has 2 aromatic rings. The number of halogens is 1. The topological polar surface area (TPSA) is 74.2 Å². The Bertz CT molecular complexity index is 560. The number of anilines is 1. The average molecular weight is 264 g/mol. The fourth-order valence-electron chi connectivity index (χ4n) is 1.81. The van der Waals surface area contributed by atoms with Crippen LogP contribution in [-0.2, 0) is 0 Å². The number of pyridine rings is 1. The van der Waals surface area contributed by atoms with Gasteiger partial charge in [0.1, 0.15) is 11.6 Å². The van der Waals surface area contributed by atoms with Crippen LogP contribution in [0.4, 0.5) is 5.82 Å². The minimum atomic E-state index is -0.424. The number of para-hydroxylation sites is 1. The molecular formula is C13H14ClN3O. The second-order valence-corrected chi connectivity index (χ2v) is 4.28. The van der Waals surface area contributed by atoms with Crippen molar-refractivity contribution in [2.24, 2.45) is 5.73 Å². The number of rotatable bonds is 3. The van der Waals surface area contributed by atoms with E-state index < -0.39 is 6.04 Å². The van der Waals surface area contributed by atoms with Gasteiger partial charge in [-0.15, -0.1) is 0 Å². The molecule has 1 unspecified atom stereocenters. The van der Waals surface area contributed by atoms with Crippen LogP contribution in [0.2, 0.25) is 5.02 Å². The monoisotopic (exact) mass is 263 g/mol. The van der Waals surface area contributed by atoms with Gasteiger partial charge in [0.2, 0.25) is 0 Å². The lowest BCUT2D eigenvalue weighted by Gasteiger charge is -2.17. The lowest BCUT2D eigenvalue weighted by atomic mass is 9.99. The van der Waals surface area contributed by atoms with Crippen LogP contribution in [0.1, 0.15) is 17.2 Å². The van der Waals surface area contributed by atoms with Gasteiger partial charge in [0.05, 0.1) is 18.2 Å². The Labute approximate surface area is 111 Å². The first kappa shape index (κ1) is 12.7. The molecule has 0 radical (unpaired) electrons. The van der Waals surface area contributed by atoms with Gasteiger partial charge in [-0.05, 0) is 12.1 Å². The lowest BCUT2D eigenvalue weighted by Crippen LogP contribution is -2.15. The summed E-state index contributed by atoms with van der Waals surface area (Å²) in [5.41, 5.74) is 13.6. The summed E-state index contributed by atoms with van der Waals surface area (Å²) in [5, 5.41) is 0.504. The van der Waals surface area contributed by atoms with Gasteiger partial charge in [-0.2, -0.15) is 0 Å². The summed E-state index contributed by atoms with van der Waals surface area (Å²) in [6.07, 6.45) is 1.50. The summed E-state index contributed by atoms with van der Waals surface area (Å²) in [6.45, 7) is 0. The summed E-state index contributed by atoms with van der Waals surface area (Å²) in [6, 6.07) is 8.82. The van der Waals surface area contributed by atoms with Gasteiger partial charge >= 0.3 is 0 Å². The van der Waals surface area contributed by atoms with Crippen LogP contribution >= 0.6 is 11.6 Å². The van der Waals surface area contributed by atoms with Gasteiger partial charge in [-0.3, -0.25) is 0 Å². The van der Waals surface area contributed by atoms with Crippen LogP contribution in [0.3, 0.4) is 0 Å². The van der Waals surface area contributed by atoms with E-state index in [1.54, 1.807) is 13.2 Å². The minimum absolute atomic E-state index is 0.373. The Balaban J connectivity index is 2.47. The van der Waals surface area contributed by atoms with E-state index in [4.69, 9.17) is 27.8 Å². The minimum Gasteiger partial charge on any atom is -0.496 e. The number of aromatic nitrogens is 1. The Morgan fingerprint density at radius 3 is 2.72 bits per heavy atom. The van der Waals surface area contributed by atoms with E-state index in [1.807, 2.05) is 24.3 Å². The van der Waals surface area contributed by atoms with Crippen molar-refractivity contribution >= 4 is 17.4 Å². The van der Waals surface area contributed by atoms with Crippen LogP contribution in [0.25, 0.3) is 0 Å². The molecule has 0 aliphatic heterocycles. The Hall–Kier alpha value is -1.78. The lowest BCUT2D eigenvalue weighted by molar-refractivity contribution is 0.408. The van der Waals surface area contributed by atoms with E-state index in [0.29, 0.717) is 22.2 Å². The van der Waals surface area contributed by atoms with Crippen molar-refractivity contribution in [3.8, 4) is 5.75 Å². The summed E-state index contributed by atoms with van der Waals surface area (Å²) in [7, 11) is 1.60.